The molecule has 3 heteroatoms. The van der Waals surface area contributed by atoms with E-state index in [4.69, 9.17) is 0 Å². The molecule has 1 saturated carbocycles. The predicted octanol–water partition coefficient (Wildman–Crippen LogP) is 2.73. The van der Waals surface area contributed by atoms with E-state index in [1.54, 1.807) is 0 Å². The van der Waals surface area contributed by atoms with Crippen molar-refractivity contribution in [3.05, 3.63) is 0 Å². The van der Waals surface area contributed by atoms with Gasteiger partial charge in [0.2, 0.25) is 0 Å². The highest BCUT2D eigenvalue weighted by Crippen LogP contribution is 2.26. The van der Waals surface area contributed by atoms with E-state index in [0.717, 1.165) is 25.7 Å². The predicted molar refractivity (Wildman–Crippen MR) is 62.0 cm³/mol. The molecule has 0 aliphatic heterocycles. The third kappa shape index (κ3) is 3.95. The summed E-state index contributed by atoms with van der Waals surface area (Å²) in [6.45, 7) is 1.84. The van der Waals surface area contributed by atoms with Gasteiger partial charge in [-0.1, -0.05) is 32.6 Å². The summed E-state index contributed by atoms with van der Waals surface area (Å²) in [7, 11) is 1.37. The number of esters is 1. The fourth-order valence-electron chi connectivity index (χ4n) is 2.40. The average Bonchev–Trinajstić information content (AvgIpc) is 2.56. The van der Waals surface area contributed by atoms with Crippen LogP contribution < -0.4 is 0 Å². The number of ether oxygens (including phenoxy) is 1. The van der Waals surface area contributed by atoms with Crippen molar-refractivity contribution in [1.82, 2.24) is 0 Å². The molecule has 16 heavy (non-hydrogen) atoms. The molecule has 0 N–H and O–H groups in total. The Morgan fingerprint density at radius 1 is 1.19 bits per heavy atom. The van der Waals surface area contributed by atoms with Gasteiger partial charge in [0.1, 0.15) is 5.78 Å². The van der Waals surface area contributed by atoms with Crippen LogP contribution in [0, 0.1) is 11.8 Å². The van der Waals surface area contributed by atoms with Crippen molar-refractivity contribution in [3.63, 3.8) is 0 Å². The topological polar surface area (TPSA) is 43.4 Å². The minimum atomic E-state index is -0.283. The first-order valence-corrected chi connectivity index (χ1v) is 6.25. The maximum absolute atomic E-state index is 12.1. The van der Waals surface area contributed by atoms with E-state index in [1.165, 1.54) is 20.0 Å². The van der Waals surface area contributed by atoms with Crippen molar-refractivity contribution >= 4 is 11.8 Å². The van der Waals surface area contributed by atoms with Crippen molar-refractivity contribution in [1.29, 1.82) is 0 Å². The number of hydrogen-bond donors (Lipinski definition) is 0. The van der Waals surface area contributed by atoms with Gasteiger partial charge >= 0.3 is 5.97 Å². The maximum Gasteiger partial charge on any atom is 0.306 e. The molecule has 0 radical (unpaired) electrons. The van der Waals surface area contributed by atoms with E-state index in [2.05, 4.69) is 4.74 Å². The van der Waals surface area contributed by atoms with Crippen LogP contribution in [0.2, 0.25) is 0 Å². The van der Waals surface area contributed by atoms with Crippen molar-refractivity contribution in [2.45, 2.75) is 51.9 Å². The van der Waals surface area contributed by atoms with Crippen molar-refractivity contribution in [2.75, 3.05) is 7.11 Å². The van der Waals surface area contributed by atoms with Gasteiger partial charge in [-0.3, -0.25) is 9.59 Å². The molecule has 0 spiro atoms. The van der Waals surface area contributed by atoms with Crippen LogP contribution in [-0.4, -0.2) is 18.9 Å². The summed E-state index contributed by atoms with van der Waals surface area (Å²) in [5.41, 5.74) is 0. The summed E-state index contributed by atoms with van der Waals surface area (Å²) >= 11 is 0. The Labute approximate surface area is 97.5 Å². The zero-order valence-corrected chi connectivity index (χ0v) is 10.3. The van der Waals surface area contributed by atoms with E-state index in [1.807, 2.05) is 6.92 Å². The smallest absolute Gasteiger partial charge is 0.306 e. The zero-order chi connectivity index (χ0) is 12.0. The highest BCUT2D eigenvalue weighted by Gasteiger charge is 2.26. The van der Waals surface area contributed by atoms with Gasteiger partial charge in [-0.15, -0.1) is 0 Å². The molecule has 0 aromatic rings. The van der Waals surface area contributed by atoms with Gasteiger partial charge < -0.3 is 4.74 Å². The van der Waals surface area contributed by atoms with Gasteiger partial charge in [-0.2, -0.15) is 0 Å². The summed E-state index contributed by atoms with van der Waals surface area (Å²) in [6.07, 6.45) is 7.04. The van der Waals surface area contributed by atoms with E-state index in [9.17, 15) is 9.59 Å². The number of hydrogen-bond acceptors (Lipinski definition) is 3. The SMILES string of the molecule is COC(=O)CC(C)C(=O)C1CCCCCC1. The highest BCUT2D eigenvalue weighted by atomic mass is 16.5. The Balaban J connectivity index is 2.44. The third-order valence-corrected chi connectivity index (χ3v) is 3.44. The summed E-state index contributed by atoms with van der Waals surface area (Å²) < 4.78 is 4.59. The van der Waals surface area contributed by atoms with Crippen molar-refractivity contribution < 1.29 is 14.3 Å². The molecular formula is C13H22O3. The first kappa shape index (κ1) is 13.2. The molecule has 0 amide bonds. The first-order chi connectivity index (χ1) is 7.65. The maximum atomic E-state index is 12.1. The number of carbonyl (C=O) groups excluding carboxylic acids is 2. The lowest BCUT2D eigenvalue weighted by Crippen LogP contribution is -2.24. The quantitative estimate of drug-likeness (QED) is 0.547. The Morgan fingerprint density at radius 3 is 2.25 bits per heavy atom. The summed E-state index contributed by atoms with van der Waals surface area (Å²) in [5, 5.41) is 0. The van der Waals surface area contributed by atoms with Crippen molar-refractivity contribution in [2.24, 2.45) is 11.8 Å². The minimum Gasteiger partial charge on any atom is -0.469 e. The van der Waals surface area contributed by atoms with Crippen LogP contribution in [0.25, 0.3) is 0 Å². The normalized spacial score (nSPS) is 19.9. The molecule has 0 heterocycles. The number of rotatable bonds is 4. The molecule has 1 aliphatic rings. The van der Waals surface area contributed by atoms with E-state index in [0.29, 0.717) is 0 Å². The monoisotopic (exact) mass is 226 g/mol. The molecule has 1 rings (SSSR count). The van der Waals surface area contributed by atoms with E-state index < -0.39 is 0 Å². The van der Waals surface area contributed by atoms with Crippen LogP contribution in [0.5, 0.6) is 0 Å². The van der Waals surface area contributed by atoms with Gasteiger partial charge in [0.15, 0.2) is 0 Å². The van der Waals surface area contributed by atoms with Gasteiger partial charge in [0.25, 0.3) is 0 Å². The average molecular weight is 226 g/mol. The first-order valence-electron chi connectivity index (χ1n) is 6.25. The molecule has 1 atom stereocenters. The van der Waals surface area contributed by atoms with Crippen molar-refractivity contribution in [3.8, 4) is 0 Å². The van der Waals surface area contributed by atoms with Crippen LogP contribution in [0.1, 0.15) is 51.9 Å². The third-order valence-electron chi connectivity index (χ3n) is 3.44. The molecule has 92 valence electrons. The molecule has 1 unspecified atom stereocenters. The molecule has 1 fully saturated rings. The van der Waals surface area contributed by atoms with Crippen LogP contribution in [0.4, 0.5) is 0 Å². The molecule has 0 bridgehead atoms. The molecule has 0 aromatic heterocycles. The number of Topliss-reactive ketones (excluding diaryl/α,β-unsaturated/α-hetero) is 1. The second kappa shape index (κ2) is 6.66. The number of carbonyl (C=O) groups is 2. The lowest BCUT2D eigenvalue weighted by molar-refractivity contribution is -0.144. The summed E-state index contributed by atoms with van der Waals surface area (Å²) in [4.78, 5) is 23.2. The fourth-order valence-corrected chi connectivity index (χ4v) is 2.40. The standard InChI is InChI=1S/C13H22O3/c1-10(9-12(14)16-2)13(15)11-7-5-3-4-6-8-11/h10-11H,3-9H2,1-2H3. The van der Waals surface area contributed by atoms with Crippen LogP contribution >= 0.6 is 0 Å². The lowest BCUT2D eigenvalue weighted by Gasteiger charge is -2.17. The Bertz CT molecular complexity index is 240. The molecule has 0 saturated heterocycles. The molecule has 3 nitrogen and oxygen atoms in total. The van der Waals surface area contributed by atoms with Gasteiger partial charge in [0, 0.05) is 11.8 Å². The summed E-state index contributed by atoms with van der Waals surface area (Å²) in [5.74, 6) is -0.0283. The fraction of sp³-hybridized carbons (Fsp3) is 0.846. The lowest BCUT2D eigenvalue weighted by atomic mass is 9.87. The Hall–Kier alpha value is -0.860. The van der Waals surface area contributed by atoms with Gasteiger partial charge in [0.05, 0.1) is 13.5 Å². The second-order valence-corrected chi connectivity index (χ2v) is 4.77. The van der Waals surface area contributed by atoms with Crippen LogP contribution in [0.15, 0.2) is 0 Å². The molecular weight excluding hydrogens is 204 g/mol. The zero-order valence-electron chi connectivity index (χ0n) is 10.3. The van der Waals surface area contributed by atoms with E-state index in [-0.39, 0.29) is 30.0 Å². The van der Waals surface area contributed by atoms with Gasteiger partial charge in [-0.05, 0) is 12.8 Å². The minimum absolute atomic E-state index is 0.183. The Morgan fingerprint density at radius 2 is 1.75 bits per heavy atom. The molecule has 1 aliphatic carbocycles. The van der Waals surface area contributed by atoms with Crippen LogP contribution in [0.3, 0.4) is 0 Å². The molecule has 0 aromatic carbocycles. The number of ketones is 1. The Kier molecular flexibility index (Phi) is 5.50. The number of methoxy groups -OCH3 is 1. The van der Waals surface area contributed by atoms with Gasteiger partial charge in [-0.25, -0.2) is 0 Å². The second-order valence-electron chi connectivity index (χ2n) is 4.77. The largest absolute Gasteiger partial charge is 0.469 e. The highest BCUT2D eigenvalue weighted by molar-refractivity contribution is 5.86. The summed E-state index contributed by atoms with van der Waals surface area (Å²) in [6, 6.07) is 0. The van der Waals surface area contributed by atoms with E-state index >= 15 is 0 Å². The van der Waals surface area contributed by atoms with Crippen LogP contribution in [-0.2, 0) is 14.3 Å².